The number of halogens is 3. The number of anilines is 1. The van der Waals surface area contributed by atoms with Crippen LogP contribution < -0.4 is 5.32 Å². The van der Waals surface area contributed by atoms with Gasteiger partial charge in [-0.05, 0) is 50.1 Å². The number of fused-ring (bicyclic) bond motifs is 1. The number of imidazole rings is 1. The number of sulfonamides is 1. The molecule has 31 heavy (non-hydrogen) atoms. The van der Waals surface area contributed by atoms with E-state index >= 15 is 0 Å². The standard InChI is InChI=1S/C21H23F3N4O2S/c1-2-28-18-9-6-14(31(29,30)27-10-4-3-5-11-27)12-17(18)26-19(28)13-25-16-8-7-15(22)20(23)21(16)24/h6-9,12,25H,2-5,10-11,13H2,1H3. The average molecular weight is 453 g/mol. The lowest BCUT2D eigenvalue weighted by atomic mass is 10.2. The molecule has 0 unspecified atom stereocenters. The number of piperidine rings is 1. The summed E-state index contributed by atoms with van der Waals surface area (Å²) in [7, 11) is -3.59. The minimum absolute atomic E-state index is 0.0543. The van der Waals surface area contributed by atoms with Gasteiger partial charge in [0.25, 0.3) is 0 Å². The first-order chi connectivity index (χ1) is 14.8. The van der Waals surface area contributed by atoms with E-state index in [0.29, 0.717) is 31.0 Å². The molecule has 0 amide bonds. The molecule has 10 heteroatoms. The monoisotopic (exact) mass is 452 g/mol. The molecule has 1 aromatic heterocycles. The third kappa shape index (κ3) is 4.01. The summed E-state index contributed by atoms with van der Waals surface area (Å²) in [4.78, 5) is 4.70. The van der Waals surface area contributed by atoms with Crippen molar-refractivity contribution in [3.63, 3.8) is 0 Å². The Morgan fingerprint density at radius 1 is 1.03 bits per heavy atom. The minimum atomic E-state index is -3.59. The molecule has 3 aromatic rings. The van der Waals surface area contributed by atoms with Crippen molar-refractivity contribution < 1.29 is 21.6 Å². The lowest BCUT2D eigenvalue weighted by Crippen LogP contribution is -2.35. The molecule has 4 rings (SSSR count). The van der Waals surface area contributed by atoms with Crippen LogP contribution in [0.2, 0.25) is 0 Å². The summed E-state index contributed by atoms with van der Waals surface area (Å²) in [5.74, 6) is -3.57. The van der Waals surface area contributed by atoms with Crippen LogP contribution in [0.25, 0.3) is 11.0 Å². The summed E-state index contributed by atoms with van der Waals surface area (Å²) in [6.07, 6.45) is 2.73. The first kappa shape index (κ1) is 21.6. The highest BCUT2D eigenvalue weighted by Crippen LogP contribution is 2.26. The van der Waals surface area contributed by atoms with E-state index in [-0.39, 0.29) is 17.1 Å². The van der Waals surface area contributed by atoms with Gasteiger partial charge in [-0.1, -0.05) is 6.42 Å². The normalized spacial score (nSPS) is 15.5. The Labute approximate surface area is 178 Å². The van der Waals surface area contributed by atoms with Gasteiger partial charge in [0.05, 0.1) is 28.2 Å². The summed E-state index contributed by atoms with van der Waals surface area (Å²) < 4.78 is 69.8. The van der Waals surface area contributed by atoms with Crippen molar-refractivity contribution in [1.29, 1.82) is 0 Å². The largest absolute Gasteiger partial charge is 0.375 e. The quantitative estimate of drug-likeness (QED) is 0.568. The van der Waals surface area contributed by atoms with Crippen LogP contribution in [0.4, 0.5) is 18.9 Å². The molecule has 0 radical (unpaired) electrons. The number of aromatic nitrogens is 2. The van der Waals surface area contributed by atoms with Crippen molar-refractivity contribution in [2.24, 2.45) is 0 Å². The molecule has 2 heterocycles. The number of hydrogen-bond acceptors (Lipinski definition) is 4. The summed E-state index contributed by atoms with van der Waals surface area (Å²) in [6.45, 7) is 3.53. The molecule has 1 fully saturated rings. The Hall–Kier alpha value is -2.59. The second-order valence-corrected chi connectivity index (χ2v) is 9.40. The fourth-order valence-electron chi connectivity index (χ4n) is 3.90. The number of rotatable bonds is 6. The van der Waals surface area contributed by atoms with Crippen LogP contribution in [0.1, 0.15) is 32.0 Å². The van der Waals surface area contributed by atoms with Crippen LogP contribution in [0, 0.1) is 17.5 Å². The molecule has 0 spiro atoms. The SMILES string of the molecule is CCn1c(CNc2ccc(F)c(F)c2F)nc2cc(S(=O)(=O)N3CCCCC3)ccc21. The topological polar surface area (TPSA) is 67.2 Å². The molecule has 1 N–H and O–H groups in total. The Morgan fingerprint density at radius 2 is 1.77 bits per heavy atom. The van der Waals surface area contributed by atoms with Gasteiger partial charge in [0.2, 0.25) is 10.0 Å². The van der Waals surface area contributed by atoms with Gasteiger partial charge in [0.1, 0.15) is 5.82 Å². The number of nitrogens with zero attached hydrogens (tertiary/aromatic N) is 3. The highest BCUT2D eigenvalue weighted by Gasteiger charge is 2.26. The van der Waals surface area contributed by atoms with Crippen LogP contribution in [0.15, 0.2) is 35.2 Å². The van der Waals surface area contributed by atoms with Crippen LogP contribution in [0.3, 0.4) is 0 Å². The molecule has 1 saturated heterocycles. The molecule has 0 bridgehead atoms. The maximum atomic E-state index is 13.9. The molecule has 0 saturated carbocycles. The molecule has 6 nitrogen and oxygen atoms in total. The molecule has 1 aliphatic rings. The van der Waals surface area contributed by atoms with Crippen molar-refractivity contribution in [3.05, 3.63) is 53.6 Å². The van der Waals surface area contributed by atoms with Crippen LogP contribution in [0.5, 0.6) is 0 Å². The number of aryl methyl sites for hydroxylation is 1. The zero-order valence-electron chi connectivity index (χ0n) is 17.0. The van der Waals surface area contributed by atoms with Gasteiger partial charge in [0, 0.05) is 19.6 Å². The molecular weight excluding hydrogens is 429 g/mol. The highest BCUT2D eigenvalue weighted by atomic mass is 32.2. The van der Waals surface area contributed by atoms with Gasteiger partial charge in [-0.15, -0.1) is 0 Å². The lowest BCUT2D eigenvalue weighted by molar-refractivity contribution is 0.346. The first-order valence-corrected chi connectivity index (χ1v) is 11.6. The van der Waals surface area contributed by atoms with Gasteiger partial charge in [-0.3, -0.25) is 0 Å². The van der Waals surface area contributed by atoms with Crippen LogP contribution in [-0.2, 0) is 23.1 Å². The van der Waals surface area contributed by atoms with E-state index in [9.17, 15) is 21.6 Å². The minimum Gasteiger partial charge on any atom is -0.375 e. The summed E-state index contributed by atoms with van der Waals surface area (Å²) >= 11 is 0. The average Bonchev–Trinajstić information content (AvgIpc) is 3.14. The number of hydrogen-bond donors (Lipinski definition) is 1. The third-order valence-electron chi connectivity index (χ3n) is 5.54. The molecule has 1 aliphatic heterocycles. The van der Waals surface area contributed by atoms with E-state index in [1.54, 1.807) is 18.2 Å². The zero-order valence-corrected chi connectivity index (χ0v) is 17.9. The van der Waals surface area contributed by atoms with E-state index in [4.69, 9.17) is 0 Å². The fraction of sp³-hybridized carbons (Fsp3) is 0.381. The summed E-state index contributed by atoms with van der Waals surface area (Å²) in [6, 6.07) is 6.81. The second kappa shape index (κ2) is 8.51. The molecular formula is C21H23F3N4O2S. The first-order valence-electron chi connectivity index (χ1n) is 10.2. The third-order valence-corrected chi connectivity index (χ3v) is 7.43. The maximum Gasteiger partial charge on any atom is 0.243 e. The number of benzene rings is 2. The Morgan fingerprint density at radius 3 is 2.48 bits per heavy atom. The van der Waals surface area contributed by atoms with Crippen LogP contribution in [-0.4, -0.2) is 35.4 Å². The zero-order chi connectivity index (χ0) is 22.2. The predicted molar refractivity (Wildman–Crippen MR) is 112 cm³/mol. The van der Waals surface area contributed by atoms with Gasteiger partial charge < -0.3 is 9.88 Å². The summed E-state index contributed by atoms with van der Waals surface area (Å²) in [5, 5.41) is 2.74. The Bertz CT molecular complexity index is 1220. The van der Waals surface area contributed by atoms with Crippen molar-refractivity contribution in [2.45, 2.75) is 44.2 Å². The molecule has 2 aromatic carbocycles. The van der Waals surface area contributed by atoms with Crippen LogP contribution >= 0.6 is 0 Å². The molecule has 166 valence electrons. The van der Waals surface area contributed by atoms with E-state index in [0.717, 1.165) is 36.9 Å². The highest BCUT2D eigenvalue weighted by molar-refractivity contribution is 7.89. The van der Waals surface area contributed by atoms with Gasteiger partial charge in [-0.25, -0.2) is 26.6 Å². The Kier molecular flexibility index (Phi) is 5.94. The maximum absolute atomic E-state index is 13.9. The van der Waals surface area contributed by atoms with Crippen molar-refractivity contribution in [1.82, 2.24) is 13.9 Å². The fourth-order valence-corrected chi connectivity index (χ4v) is 5.44. The van der Waals surface area contributed by atoms with Gasteiger partial charge >= 0.3 is 0 Å². The molecule has 0 atom stereocenters. The van der Waals surface area contributed by atoms with E-state index in [1.165, 1.54) is 4.31 Å². The van der Waals surface area contributed by atoms with E-state index < -0.39 is 27.5 Å². The van der Waals surface area contributed by atoms with Crippen molar-refractivity contribution >= 4 is 26.7 Å². The van der Waals surface area contributed by atoms with E-state index in [1.807, 2.05) is 11.5 Å². The number of nitrogens with one attached hydrogen (secondary N) is 1. The van der Waals surface area contributed by atoms with E-state index in [2.05, 4.69) is 10.3 Å². The van der Waals surface area contributed by atoms with Crippen molar-refractivity contribution in [3.8, 4) is 0 Å². The molecule has 0 aliphatic carbocycles. The smallest absolute Gasteiger partial charge is 0.243 e. The van der Waals surface area contributed by atoms with Crippen molar-refractivity contribution in [2.75, 3.05) is 18.4 Å². The summed E-state index contributed by atoms with van der Waals surface area (Å²) in [5.41, 5.74) is 1.06. The second-order valence-electron chi connectivity index (χ2n) is 7.46. The predicted octanol–water partition coefficient (Wildman–Crippen LogP) is 4.26. The van der Waals surface area contributed by atoms with Gasteiger partial charge in [0.15, 0.2) is 17.5 Å². The lowest BCUT2D eigenvalue weighted by Gasteiger charge is -2.25. The Balaban J connectivity index is 1.64. The van der Waals surface area contributed by atoms with Gasteiger partial charge in [-0.2, -0.15) is 4.31 Å².